The molecule has 1 aliphatic heterocycles. The molecule has 0 spiro atoms. The van der Waals surface area contributed by atoms with E-state index in [0.717, 1.165) is 38.0 Å². The number of aliphatic hydroxyl groups excluding tert-OH is 1. The Morgan fingerprint density at radius 2 is 1.88 bits per heavy atom. The lowest BCUT2D eigenvalue weighted by Gasteiger charge is -2.30. The predicted octanol–water partition coefficient (Wildman–Crippen LogP) is 2.42. The van der Waals surface area contributed by atoms with Crippen LogP contribution in [0.2, 0.25) is 0 Å². The van der Waals surface area contributed by atoms with E-state index in [9.17, 15) is 0 Å². The highest BCUT2D eigenvalue weighted by Crippen LogP contribution is 2.21. The molecule has 2 aromatic rings. The van der Waals surface area contributed by atoms with E-state index in [-0.39, 0.29) is 19.3 Å². The number of nitrogens with one attached hydrogen (secondary N) is 1. The van der Waals surface area contributed by atoms with Crippen LogP contribution in [0.5, 0.6) is 5.75 Å². The van der Waals surface area contributed by atoms with Gasteiger partial charge in [0.05, 0.1) is 25.5 Å². The first-order valence-corrected chi connectivity index (χ1v) is 11.0. The van der Waals surface area contributed by atoms with Crippen molar-refractivity contribution in [2.45, 2.75) is 25.4 Å². The molecule has 1 heterocycles. The fourth-order valence-electron chi connectivity index (χ4n) is 3.91. The molecule has 3 rings (SSSR count). The van der Waals surface area contributed by atoms with Gasteiger partial charge in [-0.1, -0.05) is 24.0 Å². The van der Waals surface area contributed by atoms with Crippen molar-refractivity contribution in [2.24, 2.45) is 10.7 Å². The minimum Gasteiger partial charge on any atom is -0.497 e. The minimum absolute atomic E-state index is 0.126. The summed E-state index contributed by atoms with van der Waals surface area (Å²) in [5.74, 6) is 6.70. The molecular formula is C26H32N4O3. The minimum atomic E-state index is -0.126. The SMILES string of the molecule is COCC(=N)c1ccc(OC)cc1C(N)=NC1CCN(Cc2ccc(C#CCO)cc2)CC1. The fourth-order valence-corrected chi connectivity index (χ4v) is 3.91. The molecule has 0 radical (unpaired) electrons. The first kappa shape index (κ1) is 24.5. The molecule has 1 saturated heterocycles. The van der Waals surface area contributed by atoms with Gasteiger partial charge in [-0.3, -0.25) is 9.89 Å². The average Bonchev–Trinajstić information content (AvgIpc) is 2.84. The van der Waals surface area contributed by atoms with E-state index in [2.05, 4.69) is 28.9 Å². The van der Waals surface area contributed by atoms with Crippen molar-refractivity contribution in [1.82, 2.24) is 4.90 Å². The molecule has 4 N–H and O–H groups in total. The van der Waals surface area contributed by atoms with Gasteiger partial charge < -0.3 is 25.7 Å². The van der Waals surface area contributed by atoms with Crippen LogP contribution in [0.1, 0.15) is 35.1 Å². The monoisotopic (exact) mass is 448 g/mol. The third-order valence-electron chi connectivity index (χ3n) is 5.67. The van der Waals surface area contributed by atoms with Gasteiger partial charge >= 0.3 is 0 Å². The van der Waals surface area contributed by atoms with Crippen molar-refractivity contribution in [3.8, 4) is 17.6 Å². The summed E-state index contributed by atoms with van der Waals surface area (Å²) in [7, 11) is 3.18. The van der Waals surface area contributed by atoms with Crippen molar-refractivity contribution in [3.63, 3.8) is 0 Å². The second kappa shape index (κ2) is 12.2. The Labute approximate surface area is 195 Å². The highest BCUT2D eigenvalue weighted by Gasteiger charge is 2.20. The van der Waals surface area contributed by atoms with Gasteiger partial charge in [0, 0.05) is 43.4 Å². The maximum atomic E-state index is 8.81. The number of ether oxygens (including phenoxy) is 2. The lowest BCUT2D eigenvalue weighted by atomic mass is 10.0. The van der Waals surface area contributed by atoms with Crippen LogP contribution >= 0.6 is 0 Å². The van der Waals surface area contributed by atoms with Crippen LogP contribution in [0.25, 0.3) is 0 Å². The Balaban J connectivity index is 1.63. The van der Waals surface area contributed by atoms with Crippen LogP contribution in [0, 0.1) is 17.3 Å². The summed E-state index contributed by atoms with van der Waals surface area (Å²) in [4.78, 5) is 7.22. The van der Waals surface area contributed by atoms with E-state index < -0.39 is 0 Å². The summed E-state index contributed by atoms with van der Waals surface area (Å²) in [6.45, 7) is 2.85. The van der Waals surface area contributed by atoms with Gasteiger partial charge in [-0.15, -0.1) is 0 Å². The summed E-state index contributed by atoms with van der Waals surface area (Å²) in [5, 5.41) is 17.1. The number of benzene rings is 2. The second-order valence-corrected chi connectivity index (χ2v) is 8.00. The first-order valence-electron chi connectivity index (χ1n) is 11.0. The number of nitrogens with zero attached hydrogens (tertiary/aromatic N) is 2. The van der Waals surface area contributed by atoms with Gasteiger partial charge in [0.1, 0.15) is 18.2 Å². The van der Waals surface area contributed by atoms with Crippen molar-refractivity contribution in [3.05, 3.63) is 64.7 Å². The molecule has 0 amide bonds. The number of likely N-dealkylation sites (tertiary alicyclic amines) is 1. The highest BCUT2D eigenvalue weighted by molar-refractivity contribution is 6.11. The van der Waals surface area contributed by atoms with Gasteiger partial charge in [-0.05, 0) is 48.7 Å². The number of amidine groups is 1. The largest absolute Gasteiger partial charge is 0.497 e. The second-order valence-electron chi connectivity index (χ2n) is 8.00. The van der Waals surface area contributed by atoms with E-state index in [4.69, 9.17) is 30.7 Å². The summed E-state index contributed by atoms with van der Waals surface area (Å²) in [5.41, 5.74) is 10.3. The molecule has 2 aromatic carbocycles. The van der Waals surface area contributed by atoms with Crippen molar-refractivity contribution in [2.75, 3.05) is 40.5 Å². The molecule has 0 saturated carbocycles. The van der Waals surface area contributed by atoms with Crippen LogP contribution < -0.4 is 10.5 Å². The summed E-state index contributed by atoms with van der Waals surface area (Å²) in [6, 6.07) is 13.8. The number of piperidine rings is 1. The van der Waals surface area contributed by atoms with E-state index >= 15 is 0 Å². The molecule has 7 nitrogen and oxygen atoms in total. The molecule has 0 aliphatic carbocycles. The van der Waals surface area contributed by atoms with Crippen LogP contribution in [-0.2, 0) is 11.3 Å². The zero-order chi connectivity index (χ0) is 23.6. The van der Waals surface area contributed by atoms with Gasteiger partial charge in [-0.2, -0.15) is 0 Å². The number of rotatable bonds is 8. The Morgan fingerprint density at radius 1 is 1.15 bits per heavy atom. The third-order valence-corrected chi connectivity index (χ3v) is 5.67. The van der Waals surface area contributed by atoms with E-state index in [1.807, 2.05) is 30.3 Å². The van der Waals surface area contributed by atoms with E-state index in [0.29, 0.717) is 28.4 Å². The molecule has 1 aliphatic rings. The Bertz CT molecular complexity index is 1030. The number of nitrogens with two attached hydrogens (primary N) is 1. The Morgan fingerprint density at radius 3 is 2.52 bits per heavy atom. The third kappa shape index (κ3) is 6.90. The number of hydrogen-bond acceptors (Lipinski definition) is 6. The lowest BCUT2D eigenvalue weighted by molar-refractivity contribution is 0.206. The Hall–Kier alpha value is -3.18. The molecule has 1 fully saturated rings. The molecule has 0 bridgehead atoms. The van der Waals surface area contributed by atoms with Crippen LogP contribution in [0.3, 0.4) is 0 Å². The smallest absolute Gasteiger partial charge is 0.126 e. The summed E-state index contributed by atoms with van der Waals surface area (Å²) >= 11 is 0. The zero-order valence-electron chi connectivity index (χ0n) is 19.3. The Kier molecular flexibility index (Phi) is 9.02. The molecule has 33 heavy (non-hydrogen) atoms. The normalized spacial score (nSPS) is 15.1. The number of aliphatic hydroxyl groups is 1. The lowest BCUT2D eigenvalue weighted by Crippen LogP contribution is -2.35. The van der Waals surface area contributed by atoms with Crippen LogP contribution in [-0.4, -0.2) is 68.1 Å². The van der Waals surface area contributed by atoms with Gasteiger partial charge in [0.15, 0.2) is 0 Å². The predicted molar refractivity (Wildman–Crippen MR) is 131 cm³/mol. The average molecular weight is 449 g/mol. The molecule has 7 heteroatoms. The molecule has 174 valence electrons. The van der Waals surface area contributed by atoms with E-state index in [1.54, 1.807) is 14.2 Å². The summed E-state index contributed by atoms with van der Waals surface area (Å²) < 4.78 is 10.5. The van der Waals surface area contributed by atoms with E-state index in [1.165, 1.54) is 5.56 Å². The van der Waals surface area contributed by atoms with Crippen molar-refractivity contribution < 1.29 is 14.6 Å². The fraction of sp³-hybridized carbons (Fsp3) is 0.385. The first-order chi connectivity index (χ1) is 16.0. The zero-order valence-corrected chi connectivity index (χ0v) is 19.3. The van der Waals surface area contributed by atoms with Crippen molar-refractivity contribution in [1.29, 1.82) is 5.41 Å². The molecular weight excluding hydrogens is 416 g/mol. The van der Waals surface area contributed by atoms with Crippen LogP contribution in [0.4, 0.5) is 0 Å². The number of hydrogen-bond donors (Lipinski definition) is 3. The van der Waals surface area contributed by atoms with Crippen molar-refractivity contribution >= 4 is 11.5 Å². The maximum absolute atomic E-state index is 8.81. The topological polar surface area (TPSA) is 104 Å². The summed E-state index contributed by atoms with van der Waals surface area (Å²) in [6.07, 6.45) is 1.85. The van der Waals surface area contributed by atoms with Crippen LogP contribution in [0.15, 0.2) is 47.5 Å². The highest BCUT2D eigenvalue weighted by atomic mass is 16.5. The van der Waals surface area contributed by atoms with Gasteiger partial charge in [-0.25, -0.2) is 0 Å². The molecule has 0 unspecified atom stereocenters. The van der Waals surface area contributed by atoms with Gasteiger partial charge in [0.2, 0.25) is 0 Å². The quantitative estimate of drug-likeness (QED) is 0.327. The number of methoxy groups -OCH3 is 2. The number of aliphatic imine (C=N–C) groups is 1. The van der Waals surface area contributed by atoms with Gasteiger partial charge in [0.25, 0.3) is 0 Å². The molecule has 0 atom stereocenters. The molecule has 0 aromatic heterocycles. The maximum Gasteiger partial charge on any atom is 0.126 e. The standard InChI is InChI=1S/C26H32N4O3/c1-32-18-25(27)23-10-9-22(33-2)16-24(23)26(28)29-21-11-13-30(14-12-21)17-20-7-5-19(6-8-20)4-3-15-31/h5-10,16,21,27,31H,11-15,17-18H2,1-2H3,(H2,28,29).